The van der Waals surface area contributed by atoms with Gasteiger partial charge in [0.2, 0.25) is 0 Å². The van der Waals surface area contributed by atoms with E-state index < -0.39 is 0 Å². The first-order chi connectivity index (χ1) is 10.4. The molecule has 2 nitrogen and oxygen atoms in total. The van der Waals surface area contributed by atoms with Crippen LogP contribution in [0, 0.1) is 11.3 Å². The van der Waals surface area contributed by atoms with Crippen LogP contribution in [0.4, 0.5) is 0 Å². The number of rotatable bonds is 4. The highest BCUT2D eigenvalue weighted by Crippen LogP contribution is 2.28. The van der Waals surface area contributed by atoms with E-state index in [2.05, 4.69) is 48.5 Å². The number of hydrogen-bond acceptors (Lipinski definition) is 2. The zero-order valence-corrected chi connectivity index (χ0v) is 11.8. The van der Waals surface area contributed by atoms with Gasteiger partial charge in [-0.25, -0.2) is 0 Å². The molecule has 1 heterocycles. The number of aromatic nitrogens is 1. The van der Waals surface area contributed by atoms with Gasteiger partial charge in [-0.2, -0.15) is 5.26 Å². The minimum absolute atomic E-state index is 0.579. The molecule has 0 amide bonds. The Kier molecular flexibility index (Phi) is 3.93. The normalized spacial score (nSPS) is 10.4. The first-order valence-electron chi connectivity index (χ1n) is 7.19. The van der Waals surface area contributed by atoms with Crippen molar-refractivity contribution in [2.45, 2.75) is 19.3 Å². The lowest BCUT2D eigenvalue weighted by Gasteiger charge is -2.09. The largest absolute Gasteiger partial charge is 0.253 e. The number of fused-ring (bicyclic) bond motifs is 1. The lowest BCUT2D eigenvalue weighted by Crippen LogP contribution is -1.93. The number of benzene rings is 2. The monoisotopic (exact) mass is 272 g/mol. The summed E-state index contributed by atoms with van der Waals surface area (Å²) < 4.78 is 0. The fourth-order valence-electron chi connectivity index (χ4n) is 2.56. The molecule has 3 rings (SSSR count). The summed E-state index contributed by atoms with van der Waals surface area (Å²) in [5.74, 6) is 0. The van der Waals surface area contributed by atoms with E-state index in [0.29, 0.717) is 6.42 Å². The average Bonchev–Trinajstić information content (AvgIpc) is 2.55. The Balaban J connectivity index is 2.10. The van der Waals surface area contributed by atoms with Crippen molar-refractivity contribution in [3.8, 4) is 17.2 Å². The van der Waals surface area contributed by atoms with Crippen LogP contribution in [-0.4, -0.2) is 4.98 Å². The summed E-state index contributed by atoms with van der Waals surface area (Å²) in [4.78, 5) is 4.72. The van der Waals surface area contributed by atoms with E-state index in [0.717, 1.165) is 24.1 Å². The number of hydrogen-bond donors (Lipinski definition) is 0. The summed E-state index contributed by atoms with van der Waals surface area (Å²) >= 11 is 0. The van der Waals surface area contributed by atoms with Gasteiger partial charge in [-0.15, -0.1) is 0 Å². The first-order valence-corrected chi connectivity index (χ1v) is 7.19. The van der Waals surface area contributed by atoms with Crippen molar-refractivity contribution < 1.29 is 0 Å². The van der Waals surface area contributed by atoms with E-state index in [9.17, 15) is 0 Å². The molecule has 0 N–H and O–H groups in total. The summed E-state index contributed by atoms with van der Waals surface area (Å²) in [6.45, 7) is 0. The molecule has 0 saturated carbocycles. The molecule has 1 aromatic heterocycles. The summed E-state index contributed by atoms with van der Waals surface area (Å²) in [6, 6.07) is 23.0. The molecule has 2 aromatic carbocycles. The standard InChI is InChI=1S/C19H16N2/c20-13-7-6-10-16-14-18(15-8-2-1-3-9-15)17-11-4-5-12-19(17)21-16/h1-5,8-9,11-12,14H,6-7,10H2. The van der Waals surface area contributed by atoms with Crippen LogP contribution < -0.4 is 0 Å². The molecule has 102 valence electrons. The van der Waals surface area contributed by atoms with Crippen LogP contribution in [0.1, 0.15) is 18.5 Å². The minimum Gasteiger partial charge on any atom is -0.253 e. The van der Waals surface area contributed by atoms with Gasteiger partial charge in [0.25, 0.3) is 0 Å². The van der Waals surface area contributed by atoms with Gasteiger partial charge in [-0.1, -0.05) is 48.5 Å². The lowest BCUT2D eigenvalue weighted by atomic mass is 9.99. The maximum atomic E-state index is 8.68. The van der Waals surface area contributed by atoms with Crippen LogP contribution in [-0.2, 0) is 6.42 Å². The number of pyridine rings is 1. The van der Waals surface area contributed by atoms with Crippen molar-refractivity contribution >= 4 is 10.9 Å². The zero-order valence-electron chi connectivity index (χ0n) is 11.8. The van der Waals surface area contributed by atoms with E-state index in [1.807, 2.05) is 18.2 Å². The van der Waals surface area contributed by atoms with E-state index in [4.69, 9.17) is 10.2 Å². The highest BCUT2D eigenvalue weighted by atomic mass is 14.7. The molecule has 0 bridgehead atoms. The van der Waals surface area contributed by atoms with Crippen molar-refractivity contribution in [1.29, 1.82) is 5.26 Å². The second-order valence-electron chi connectivity index (χ2n) is 5.06. The number of nitriles is 1. The summed E-state index contributed by atoms with van der Waals surface area (Å²) in [5, 5.41) is 9.85. The van der Waals surface area contributed by atoms with Gasteiger partial charge in [0.15, 0.2) is 0 Å². The Labute approximate surface area is 124 Å². The Bertz CT molecular complexity index is 786. The Morgan fingerprint density at radius 2 is 1.71 bits per heavy atom. The number of para-hydroxylation sites is 1. The molecule has 21 heavy (non-hydrogen) atoms. The summed E-state index contributed by atoms with van der Waals surface area (Å²) in [6.07, 6.45) is 2.28. The molecule has 3 aromatic rings. The van der Waals surface area contributed by atoms with Gasteiger partial charge in [-0.3, -0.25) is 4.98 Å². The zero-order chi connectivity index (χ0) is 14.5. The van der Waals surface area contributed by atoms with Gasteiger partial charge in [0.05, 0.1) is 11.6 Å². The smallest absolute Gasteiger partial charge is 0.0711 e. The molecule has 0 fully saturated rings. The molecule has 0 aliphatic heterocycles. The lowest BCUT2D eigenvalue weighted by molar-refractivity contribution is 0.829. The molecule has 0 spiro atoms. The molecular formula is C19H16N2. The van der Waals surface area contributed by atoms with E-state index in [1.54, 1.807) is 0 Å². The second-order valence-corrected chi connectivity index (χ2v) is 5.06. The highest BCUT2D eigenvalue weighted by Gasteiger charge is 2.07. The molecule has 0 aliphatic carbocycles. The molecule has 0 unspecified atom stereocenters. The molecule has 0 saturated heterocycles. The van der Waals surface area contributed by atoms with Crippen molar-refractivity contribution in [2.75, 3.05) is 0 Å². The SMILES string of the molecule is N#CCCCc1cc(-c2ccccc2)c2ccccc2n1. The average molecular weight is 272 g/mol. The number of unbranched alkanes of at least 4 members (excludes halogenated alkanes) is 1. The molecule has 2 heteroatoms. The third kappa shape index (κ3) is 2.93. The Morgan fingerprint density at radius 3 is 2.52 bits per heavy atom. The van der Waals surface area contributed by atoms with Gasteiger partial charge in [0, 0.05) is 17.5 Å². The number of aryl methyl sites for hydroxylation is 1. The summed E-state index contributed by atoms with van der Waals surface area (Å²) in [5.41, 5.74) is 4.50. The van der Waals surface area contributed by atoms with E-state index >= 15 is 0 Å². The van der Waals surface area contributed by atoms with Crippen molar-refractivity contribution in [1.82, 2.24) is 4.98 Å². The summed E-state index contributed by atoms with van der Waals surface area (Å²) in [7, 11) is 0. The van der Waals surface area contributed by atoms with Crippen LogP contribution in [0.2, 0.25) is 0 Å². The predicted molar refractivity (Wildman–Crippen MR) is 85.7 cm³/mol. The van der Waals surface area contributed by atoms with Crippen LogP contribution in [0.3, 0.4) is 0 Å². The Hall–Kier alpha value is -2.66. The first kappa shape index (κ1) is 13.3. The van der Waals surface area contributed by atoms with Gasteiger partial charge in [0.1, 0.15) is 0 Å². The Morgan fingerprint density at radius 1 is 0.952 bits per heavy atom. The quantitative estimate of drug-likeness (QED) is 0.643. The molecular weight excluding hydrogens is 256 g/mol. The predicted octanol–water partition coefficient (Wildman–Crippen LogP) is 4.75. The van der Waals surface area contributed by atoms with E-state index in [-0.39, 0.29) is 0 Å². The maximum absolute atomic E-state index is 8.68. The minimum atomic E-state index is 0.579. The number of nitrogens with zero attached hydrogens (tertiary/aromatic N) is 2. The fraction of sp³-hybridized carbons (Fsp3) is 0.158. The van der Waals surface area contributed by atoms with Gasteiger partial charge >= 0.3 is 0 Å². The molecule has 0 atom stereocenters. The third-order valence-corrected chi connectivity index (χ3v) is 3.58. The third-order valence-electron chi connectivity index (χ3n) is 3.58. The molecule has 0 radical (unpaired) electrons. The van der Waals surface area contributed by atoms with Crippen LogP contribution in [0.5, 0.6) is 0 Å². The highest BCUT2D eigenvalue weighted by molar-refractivity contribution is 5.94. The van der Waals surface area contributed by atoms with Gasteiger partial charge < -0.3 is 0 Å². The van der Waals surface area contributed by atoms with E-state index in [1.165, 1.54) is 16.5 Å². The topological polar surface area (TPSA) is 36.7 Å². The van der Waals surface area contributed by atoms with Gasteiger partial charge in [-0.05, 0) is 36.1 Å². The van der Waals surface area contributed by atoms with Crippen LogP contribution >= 0.6 is 0 Å². The second kappa shape index (κ2) is 6.19. The molecule has 0 aliphatic rings. The van der Waals surface area contributed by atoms with Crippen molar-refractivity contribution in [2.24, 2.45) is 0 Å². The fourth-order valence-corrected chi connectivity index (χ4v) is 2.56. The van der Waals surface area contributed by atoms with Crippen molar-refractivity contribution in [3.05, 3.63) is 66.4 Å². The van der Waals surface area contributed by atoms with Crippen molar-refractivity contribution in [3.63, 3.8) is 0 Å². The van der Waals surface area contributed by atoms with Crippen LogP contribution in [0.25, 0.3) is 22.0 Å². The maximum Gasteiger partial charge on any atom is 0.0711 e. The van der Waals surface area contributed by atoms with Crippen LogP contribution in [0.15, 0.2) is 60.7 Å².